The van der Waals surface area contributed by atoms with Crippen LogP contribution in [0.15, 0.2) is 34.9 Å². The van der Waals surface area contributed by atoms with E-state index in [9.17, 15) is 0 Å². The van der Waals surface area contributed by atoms with Crippen molar-refractivity contribution in [2.45, 2.75) is 25.7 Å². The Morgan fingerprint density at radius 1 is 1.30 bits per heavy atom. The summed E-state index contributed by atoms with van der Waals surface area (Å²) in [5, 5.41) is 0. The number of halogens is 1. The van der Waals surface area contributed by atoms with E-state index in [1.54, 1.807) is 0 Å². The van der Waals surface area contributed by atoms with Crippen LogP contribution in [0.3, 0.4) is 0 Å². The van der Waals surface area contributed by atoms with Crippen LogP contribution in [-0.4, -0.2) is 16.5 Å². The topological polar surface area (TPSA) is 51.8 Å². The third-order valence-electron chi connectivity index (χ3n) is 3.94. The van der Waals surface area contributed by atoms with E-state index in [2.05, 4.69) is 33.0 Å². The Hall–Kier alpha value is -1.26. The fourth-order valence-corrected chi connectivity index (χ4v) is 3.15. The SMILES string of the molecule is NCC1CCc2nc(Cc3ccccc3Br)ncc2C1. The Balaban J connectivity index is 1.81. The van der Waals surface area contributed by atoms with E-state index >= 15 is 0 Å². The highest BCUT2D eigenvalue weighted by Gasteiger charge is 2.19. The van der Waals surface area contributed by atoms with E-state index in [1.807, 2.05) is 18.3 Å². The Morgan fingerprint density at radius 2 is 2.15 bits per heavy atom. The van der Waals surface area contributed by atoms with Crippen LogP contribution in [0, 0.1) is 5.92 Å². The molecule has 3 nitrogen and oxygen atoms in total. The van der Waals surface area contributed by atoms with E-state index in [-0.39, 0.29) is 0 Å². The molecule has 3 rings (SSSR count). The first-order valence-electron chi connectivity index (χ1n) is 7.03. The first-order chi connectivity index (χ1) is 9.76. The van der Waals surface area contributed by atoms with Crippen LogP contribution in [0.25, 0.3) is 0 Å². The van der Waals surface area contributed by atoms with Gasteiger partial charge in [0.05, 0.1) is 0 Å². The lowest BCUT2D eigenvalue weighted by Gasteiger charge is -2.22. The van der Waals surface area contributed by atoms with Gasteiger partial charge in [-0.05, 0) is 48.9 Å². The lowest BCUT2D eigenvalue weighted by molar-refractivity contribution is 0.460. The number of aromatic nitrogens is 2. The Labute approximate surface area is 127 Å². The molecule has 2 N–H and O–H groups in total. The molecule has 20 heavy (non-hydrogen) atoms. The van der Waals surface area contributed by atoms with Gasteiger partial charge >= 0.3 is 0 Å². The zero-order chi connectivity index (χ0) is 13.9. The van der Waals surface area contributed by atoms with Crippen molar-refractivity contribution in [3.8, 4) is 0 Å². The average Bonchev–Trinajstić information content (AvgIpc) is 2.49. The molecule has 104 valence electrons. The van der Waals surface area contributed by atoms with Gasteiger partial charge in [0, 0.05) is 22.8 Å². The second kappa shape index (κ2) is 6.02. The molecular formula is C16H18BrN3. The van der Waals surface area contributed by atoms with Crippen LogP contribution in [-0.2, 0) is 19.3 Å². The molecule has 1 aliphatic carbocycles. The second-order valence-electron chi connectivity index (χ2n) is 5.37. The first kappa shape index (κ1) is 13.7. The molecule has 0 spiro atoms. The number of fused-ring (bicyclic) bond motifs is 1. The molecule has 0 saturated heterocycles. The van der Waals surface area contributed by atoms with Crippen molar-refractivity contribution in [1.82, 2.24) is 9.97 Å². The number of nitrogens with zero attached hydrogens (tertiary/aromatic N) is 2. The molecule has 4 heteroatoms. The fourth-order valence-electron chi connectivity index (χ4n) is 2.72. The van der Waals surface area contributed by atoms with Crippen molar-refractivity contribution >= 4 is 15.9 Å². The summed E-state index contributed by atoms with van der Waals surface area (Å²) in [4.78, 5) is 9.27. The summed E-state index contributed by atoms with van der Waals surface area (Å²) in [6.07, 6.45) is 5.98. The van der Waals surface area contributed by atoms with Gasteiger partial charge in [-0.3, -0.25) is 0 Å². The molecule has 0 saturated carbocycles. The minimum atomic E-state index is 0.597. The number of aryl methyl sites for hydroxylation is 1. The summed E-state index contributed by atoms with van der Waals surface area (Å²) in [5.74, 6) is 1.50. The van der Waals surface area contributed by atoms with Gasteiger partial charge < -0.3 is 5.73 Å². The largest absolute Gasteiger partial charge is 0.330 e. The van der Waals surface area contributed by atoms with Gasteiger partial charge in [0.15, 0.2) is 0 Å². The maximum Gasteiger partial charge on any atom is 0.132 e. The normalized spacial score (nSPS) is 17.8. The van der Waals surface area contributed by atoms with Crippen molar-refractivity contribution in [1.29, 1.82) is 0 Å². The third kappa shape index (κ3) is 2.91. The van der Waals surface area contributed by atoms with Gasteiger partial charge in [-0.1, -0.05) is 34.1 Å². The molecule has 1 atom stereocenters. The highest BCUT2D eigenvalue weighted by molar-refractivity contribution is 9.10. The van der Waals surface area contributed by atoms with Gasteiger partial charge in [-0.2, -0.15) is 0 Å². The van der Waals surface area contributed by atoms with E-state index in [1.165, 1.54) is 16.8 Å². The molecule has 1 aliphatic rings. The third-order valence-corrected chi connectivity index (χ3v) is 4.72. The summed E-state index contributed by atoms with van der Waals surface area (Å²) in [6.45, 7) is 0.762. The van der Waals surface area contributed by atoms with Crippen LogP contribution in [0.5, 0.6) is 0 Å². The Bertz CT molecular complexity index is 612. The summed E-state index contributed by atoms with van der Waals surface area (Å²) in [5.41, 5.74) is 9.48. The van der Waals surface area contributed by atoms with Gasteiger partial charge in [0.25, 0.3) is 0 Å². The predicted molar refractivity (Wildman–Crippen MR) is 83.5 cm³/mol. The summed E-state index contributed by atoms with van der Waals surface area (Å²) >= 11 is 3.58. The van der Waals surface area contributed by atoms with E-state index in [4.69, 9.17) is 10.7 Å². The van der Waals surface area contributed by atoms with Crippen LogP contribution in [0.1, 0.15) is 29.1 Å². The minimum absolute atomic E-state index is 0.597. The van der Waals surface area contributed by atoms with Gasteiger partial charge in [-0.15, -0.1) is 0 Å². The van der Waals surface area contributed by atoms with Gasteiger partial charge in [0.1, 0.15) is 5.82 Å². The van der Waals surface area contributed by atoms with E-state index < -0.39 is 0 Å². The quantitative estimate of drug-likeness (QED) is 0.940. The summed E-state index contributed by atoms with van der Waals surface area (Å²) in [7, 11) is 0. The van der Waals surface area contributed by atoms with E-state index in [0.29, 0.717) is 5.92 Å². The van der Waals surface area contributed by atoms with Gasteiger partial charge in [0.2, 0.25) is 0 Å². The molecule has 0 aliphatic heterocycles. The molecule has 0 fully saturated rings. The molecule has 1 aromatic heterocycles. The Kier molecular flexibility index (Phi) is 4.13. The second-order valence-corrected chi connectivity index (χ2v) is 6.23. The number of rotatable bonds is 3. The molecule has 1 unspecified atom stereocenters. The van der Waals surface area contributed by atoms with Crippen LogP contribution >= 0.6 is 15.9 Å². The van der Waals surface area contributed by atoms with Crippen molar-refractivity contribution in [3.05, 3.63) is 57.6 Å². The smallest absolute Gasteiger partial charge is 0.132 e. The first-order valence-corrected chi connectivity index (χ1v) is 7.82. The number of benzene rings is 1. The van der Waals surface area contributed by atoms with Crippen LogP contribution in [0.2, 0.25) is 0 Å². The molecule has 1 heterocycles. The van der Waals surface area contributed by atoms with Crippen molar-refractivity contribution in [2.75, 3.05) is 6.54 Å². The van der Waals surface area contributed by atoms with Crippen molar-refractivity contribution in [2.24, 2.45) is 11.7 Å². The van der Waals surface area contributed by atoms with Crippen molar-refractivity contribution < 1.29 is 0 Å². The summed E-state index contributed by atoms with van der Waals surface area (Å²) in [6, 6.07) is 8.23. The monoisotopic (exact) mass is 331 g/mol. The lowest BCUT2D eigenvalue weighted by Crippen LogP contribution is -2.23. The average molecular weight is 332 g/mol. The highest BCUT2D eigenvalue weighted by Crippen LogP contribution is 2.24. The number of hydrogen-bond donors (Lipinski definition) is 1. The lowest BCUT2D eigenvalue weighted by atomic mass is 9.87. The number of nitrogens with two attached hydrogens (primary N) is 1. The van der Waals surface area contributed by atoms with Crippen LogP contribution < -0.4 is 5.73 Å². The minimum Gasteiger partial charge on any atom is -0.330 e. The molecule has 0 bridgehead atoms. The predicted octanol–water partition coefficient (Wildman–Crippen LogP) is 2.89. The zero-order valence-electron chi connectivity index (χ0n) is 11.3. The van der Waals surface area contributed by atoms with Gasteiger partial charge in [-0.25, -0.2) is 9.97 Å². The molecular weight excluding hydrogens is 314 g/mol. The summed E-state index contributed by atoms with van der Waals surface area (Å²) < 4.78 is 1.12. The highest BCUT2D eigenvalue weighted by atomic mass is 79.9. The number of hydrogen-bond acceptors (Lipinski definition) is 3. The fraction of sp³-hybridized carbons (Fsp3) is 0.375. The zero-order valence-corrected chi connectivity index (χ0v) is 12.9. The molecule has 0 amide bonds. The van der Waals surface area contributed by atoms with Crippen molar-refractivity contribution in [3.63, 3.8) is 0 Å². The Morgan fingerprint density at radius 3 is 2.95 bits per heavy atom. The maximum absolute atomic E-state index is 5.76. The van der Waals surface area contributed by atoms with Crippen LogP contribution in [0.4, 0.5) is 0 Å². The maximum atomic E-state index is 5.76. The standard InChI is InChI=1S/C16H18BrN3/c17-14-4-2-1-3-12(14)8-16-19-10-13-7-11(9-18)5-6-15(13)20-16/h1-4,10-11H,5-9,18H2. The van der Waals surface area contributed by atoms with E-state index in [0.717, 1.165) is 42.5 Å². The molecule has 1 aromatic carbocycles. The molecule has 2 aromatic rings. The molecule has 0 radical (unpaired) electrons.